The van der Waals surface area contributed by atoms with Gasteiger partial charge < -0.3 is 14.0 Å². The van der Waals surface area contributed by atoms with E-state index in [1.807, 2.05) is 36.4 Å². The van der Waals surface area contributed by atoms with Crippen molar-refractivity contribution in [3.8, 4) is 0 Å². The Morgan fingerprint density at radius 2 is 1.46 bits per heavy atom. The van der Waals surface area contributed by atoms with Crippen molar-refractivity contribution >= 4 is 36.6 Å². The largest absolute Gasteiger partial charge is 0.462 e. The van der Waals surface area contributed by atoms with E-state index < -0.39 is 25.3 Å². The van der Waals surface area contributed by atoms with Crippen LogP contribution < -0.4 is 10.4 Å². The average molecular weight is 520 g/mol. The number of ether oxygens (including phenoxy) is 1. The summed E-state index contributed by atoms with van der Waals surface area (Å²) in [5.41, 5.74) is 0.170. The number of nitro groups is 1. The molecule has 8 heteroatoms. The number of nitrogens with zero attached hydrogens (tertiary/aromatic N) is 1. The van der Waals surface area contributed by atoms with Gasteiger partial charge in [0.05, 0.1) is 17.1 Å². The number of nitro benzene ring substituents is 1. The number of benzene rings is 3. The van der Waals surface area contributed by atoms with Gasteiger partial charge >= 0.3 is 5.97 Å². The molecule has 7 nitrogen and oxygen atoms in total. The van der Waals surface area contributed by atoms with Gasteiger partial charge in [0.2, 0.25) is 0 Å². The molecule has 37 heavy (non-hydrogen) atoms. The number of rotatable bonds is 12. The van der Waals surface area contributed by atoms with E-state index in [1.165, 1.54) is 24.3 Å². The Labute approximate surface area is 218 Å². The minimum atomic E-state index is -2.84. The van der Waals surface area contributed by atoms with E-state index in [2.05, 4.69) is 45.0 Å². The second kappa shape index (κ2) is 12.6. The van der Waals surface area contributed by atoms with Gasteiger partial charge in [-0.1, -0.05) is 81.4 Å². The Morgan fingerprint density at radius 3 is 1.92 bits per heavy atom. The maximum Gasteiger partial charge on any atom is 0.338 e. The summed E-state index contributed by atoms with van der Waals surface area (Å²) in [6.45, 7) is 6.68. The number of carbonyl (C=O) groups is 2. The van der Waals surface area contributed by atoms with E-state index in [1.54, 1.807) is 0 Å². The van der Waals surface area contributed by atoms with Crippen molar-refractivity contribution in [2.75, 3.05) is 6.61 Å². The zero-order chi connectivity index (χ0) is 26.9. The van der Waals surface area contributed by atoms with Crippen molar-refractivity contribution in [1.82, 2.24) is 0 Å². The number of unbranched alkanes of at least 4 members (excludes halogenated alkanes) is 1. The van der Waals surface area contributed by atoms with E-state index in [9.17, 15) is 19.7 Å². The van der Waals surface area contributed by atoms with Gasteiger partial charge in [0.1, 0.15) is 12.4 Å². The predicted molar refractivity (Wildman–Crippen MR) is 146 cm³/mol. The summed E-state index contributed by atoms with van der Waals surface area (Å²) in [5.74, 6) is -0.537. The second-order valence-electron chi connectivity index (χ2n) is 9.89. The lowest BCUT2D eigenvalue weighted by atomic mass is 10.2. The fourth-order valence-electron chi connectivity index (χ4n) is 4.49. The molecular formula is C29H33NO6Si. The van der Waals surface area contributed by atoms with E-state index in [-0.39, 0.29) is 22.9 Å². The molecule has 0 heterocycles. The third-order valence-corrected chi connectivity index (χ3v) is 11.4. The SMILES string of the molecule is CC(C)(C)[Si](OC(C=O)CCCCOC(=O)c1ccc([N+](=O)[O-])cc1)(c1ccccc1)c1ccccc1. The van der Waals surface area contributed by atoms with Crippen LogP contribution in [0.15, 0.2) is 84.9 Å². The molecule has 1 atom stereocenters. The molecule has 194 valence electrons. The highest BCUT2D eigenvalue weighted by atomic mass is 28.4. The molecule has 0 fully saturated rings. The van der Waals surface area contributed by atoms with Gasteiger partial charge in [-0.15, -0.1) is 0 Å². The maximum absolute atomic E-state index is 12.2. The Balaban J connectivity index is 1.66. The lowest BCUT2D eigenvalue weighted by Crippen LogP contribution is -2.67. The highest BCUT2D eigenvalue weighted by molar-refractivity contribution is 6.99. The minimum Gasteiger partial charge on any atom is -0.462 e. The highest BCUT2D eigenvalue weighted by Crippen LogP contribution is 2.37. The molecule has 0 aliphatic rings. The summed E-state index contributed by atoms with van der Waals surface area (Å²) >= 11 is 0. The van der Waals surface area contributed by atoms with Gasteiger partial charge in [-0.05, 0) is 46.8 Å². The summed E-state index contributed by atoms with van der Waals surface area (Å²) in [5, 5.41) is 12.7. The molecule has 0 bridgehead atoms. The van der Waals surface area contributed by atoms with Crippen LogP contribution >= 0.6 is 0 Å². The van der Waals surface area contributed by atoms with Crippen LogP contribution in [-0.2, 0) is 14.0 Å². The van der Waals surface area contributed by atoms with Gasteiger partial charge in [-0.2, -0.15) is 0 Å². The summed E-state index contributed by atoms with van der Waals surface area (Å²) < 4.78 is 12.2. The maximum atomic E-state index is 12.2. The third kappa shape index (κ3) is 6.78. The smallest absolute Gasteiger partial charge is 0.338 e. The van der Waals surface area contributed by atoms with Gasteiger partial charge in [0.15, 0.2) is 0 Å². The standard InChI is InChI=1S/C29H33NO6Si/c1-29(2,3)37(26-13-6-4-7-14-26,27-15-8-5-9-16-27)36-25(22-31)12-10-11-21-35-28(32)23-17-19-24(20-18-23)30(33)34/h4-9,13-20,22,25H,10-12,21H2,1-3H3. The summed E-state index contributed by atoms with van der Waals surface area (Å²) in [6, 6.07) is 25.6. The first-order valence-corrected chi connectivity index (χ1v) is 14.3. The van der Waals surface area contributed by atoms with Crippen LogP contribution in [0.25, 0.3) is 0 Å². The number of aldehydes is 1. The van der Waals surface area contributed by atoms with E-state index >= 15 is 0 Å². The molecule has 0 aliphatic carbocycles. The fourth-order valence-corrected chi connectivity index (χ4v) is 9.13. The Hall–Kier alpha value is -3.62. The van der Waals surface area contributed by atoms with Gasteiger partial charge in [0.25, 0.3) is 14.0 Å². The molecule has 0 saturated heterocycles. The van der Waals surface area contributed by atoms with Crippen molar-refractivity contribution in [2.24, 2.45) is 0 Å². The van der Waals surface area contributed by atoms with Crippen molar-refractivity contribution in [3.05, 3.63) is 101 Å². The van der Waals surface area contributed by atoms with Crippen molar-refractivity contribution < 1.29 is 23.7 Å². The number of carbonyl (C=O) groups excluding carboxylic acids is 2. The van der Waals surface area contributed by atoms with Crippen molar-refractivity contribution in [3.63, 3.8) is 0 Å². The molecule has 1 unspecified atom stereocenters. The van der Waals surface area contributed by atoms with Crippen LogP contribution in [0.5, 0.6) is 0 Å². The number of non-ortho nitro benzene ring substituents is 1. The predicted octanol–water partition coefficient (Wildman–Crippen LogP) is 5.07. The number of esters is 1. The summed E-state index contributed by atoms with van der Waals surface area (Å²) in [7, 11) is -2.84. The zero-order valence-electron chi connectivity index (χ0n) is 21.5. The molecule has 3 rings (SSSR count). The lowest BCUT2D eigenvalue weighted by molar-refractivity contribution is -0.384. The van der Waals surface area contributed by atoms with Crippen LogP contribution in [-0.4, -0.2) is 38.2 Å². The number of hydrogen-bond acceptors (Lipinski definition) is 6. The van der Waals surface area contributed by atoms with Crippen LogP contribution in [0, 0.1) is 10.1 Å². The first-order chi connectivity index (χ1) is 17.7. The normalized spacial score (nSPS) is 12.5. The van der Waals surface area contributed by atoms with Crippen molar-refractivity contribution in [2.45, 2.75) is 51.2 Å². The topological polar surface area (TPSA) is 95.7 Å². The summed E-state index contributed by atoms with van der Waals surface area (Å²) in [4.78, 5) is 34.6. The molecule has 0 N–H and O–H groups in total. The van der Waals surface area contributed by atoms with Crippen LogP contribution in [0.2, 0.25) is 5.04 Å². The molecule has 0 aliphatic heterocycles. The third-order valence-electron chi connectivity index (χ3n) is 6.33. The first-order valence-electron chi connectivity index (χ1n) is 12.3. The molecule has 0 radical (unpaired) electrons. The fraction of sp³-hybridized carbons (Fsp3) is 0.310. The van der Waals surface area contributed by atoms with Crippen molar-refractivity contribution in [1.29, 1.82) is 0 Å². The molecule has 3 aromatic carbocycles. The minimum absolute atomic E-state index is 0.0858. The Bertz CT molecular complexity index is 1140. The lowest BCUT2D eigenvalue weighted by Gasteiger charge is -2.44. The molecule has 0 aromatic heterocycles. The van der Waals surface area contributed by atoms with Crippen LogP contribution in [0.3, 0.4) is 0 Å². The highest BCUT2D eigenvalue weighted by Gasteiger charge is 2.51. The van der Waals surface area contributed by atoms with E-state index in [4.69, 9.17) is 9.16 Å². The summed E-state index contributed by atoms with van der Waals surface area (Å²) in [6.07, 6.45) is 1.98. The monoisotopic (exact) mass is 519 g/mol. The molecule has 3 aromatic rings. The Morgan fingerprint density at radius 1 is 0.919 bits per heavy atom. The van der Waals surface area contributed by atoms with Gasteiger partial charge in [-0.3, -0.25) is 10.1 Å². The molecule has 0 spiro atoms. The molecule has 0 saturated carbocycles. The Kier molecular flexibility index (Phi) is 9.49. The molecule has 0 amide bonds. The quantitative estimate of drug-likeness (QED) is 0.0828. The van der Waals surface area contributed by atoms with Crippen LogP contribution in [0.1, 0.15) is 50.4 Å². The average Bonchev–Trinajstić information content (AvgIpc) is 2.90. The van der Waals surface area contributed by atoms with E-state index in [0.29, 0.717) is 19.3 Å². The molecular weight excluding hydrogens is 486 g/mol. The first kappa shape index (κ1) is 28.0. The van der Waals surface area contributed by atoms with E-state index in [0.717, 1.165) is 16.7 Å². The zero-order valence-corrected chi connectivity index (χ0v) is 22.5. The van der Waals surface area contributed by atoms with Gasteiger partial charge in [-0.25, -0.2) is 4.79 Å². The second-order valence-corrected chi connectivity index (χ2v) is 14.1. The number of hydrogen-bond donors (Lipinski definition) is 0. The van der Waals surface area contributed by atoms with Gasteiger partial charge in [0, 0.05) is 12.1 Å². The van der Waals surface area contributed by atoms with Crippen LogP contribution in [0.4, 0.5) is 5.69 Å².